The number of anilines is 1. The molecule has 0 saturated heterocycles. The number of carbonyl (C=O) groups is 1. The predicted molar refractivity (Wildman–Crippen MR) is 125 cm³/mol. The van der Waals surface area contributed by atoms with Gasteiger partial charge < -0.3 is 9.15 Å². The lowest BCUT2D eigenvalue weighted by Crippen LogP contribution is -2.10. The first-order valence-electron chi connectivity index (χ1n) is 9.76. The molecular weight excluding hydrogens is 446 g/mol. The van der Waals surface area contributed by atoms with Crippen LogP contribution in [0.25, 0.3) is 22.1 Å². The monoisotopic (exact) mass is 461 g/mol. The van der Waals surface area contributed by atoms with Gasteiger partial charge in [-0.1, -0.05) is 59.3 Å². The van der Waals surface area contributed by atoms with Crippen molar-refractivity contribution in [2.24, 2.45) is 0 Å². The van der Waals surface area contributed by atoms with Gasteiger partial charge in [-0.15, -0.1) is 10.2 Å². The number of nitrogens with zero attached hydrogens (tertiary/aromatic N) is 2. The molecule has 0 bridgehead atoms. The van der Waals surface area contributed by atoms with Crippen molar-refractivity contribution in [2.45, 2.75) is 6.61 Å². The number of nitrogens with one attached hydrogen (secondary N) is 1. The molecular formula is C24H16ClN3O3S. The Bertz CT molecular complexity index is 1390. The number of furan rings is 1. The lowest BCUT2D eigenvalue weighted by molar-refractivity contribution is 0.0997. The number of ether oxygens (including phenoxy) is 1. The molecule has 6 nitrogen and oxygen atoms in total. The number of hydrogen-bond acceptors (Lipinski definition) is 6. The maximum Gasteiger partial charge on any atom is 0.293 e. The van der Waals surface area contributed by atoms with E-state index in [1.807, 2.05) is 54.6 Å². The van der Waals surface area contributed by atoms with Gasteiger partial charge in [0.25, 0.3) is 5.91 Å². The quantitative estimate of drug-likeness (QED) is 0.315. The van der Waals surface area contributed by atoms with Gasteiger partial charge in [-0.2, -0.15) is 0 Å². The normalized spacial score (nSPS) is 10.9. The fourth-order valence-electron chi connectivity index (χ4n) is 3.21. The number of carbonyl (C=O) groups excluding carboxylic acids is 1. The van der Waals surface area contributed by atoms with Gasteiger partial charge in [-0.25, -0.2) is 0 Å². The highest BCUT2D eigenvalue weighted by Gasteiger charge is 2.15. The molecule has 1 N–H and O–H groups in total. The topological polar surface area (TPSA) is 77.2 Å². The average molecular weight is 462 g/mol. The maximum atomic E-state index is 12.5. The molecule has 0 unspecified atom stereocenters. The predicted octanol–water partition coefficient (Wildman–Crippen LogP) is 6.44. The Morgan fingerprint density at radius 1 is 0.969 bits per heavy atom. The molecule has 0 aliphatic rings. The summed E-state index contributed by atoms with van der Waals surface area (Å²) in [6, 6.07) is 24.5. The summed E-state index contributed by atoms with van der Waals surface area (Å²) in [5.41, 5.74) is 0.831. The van der Waals surface area contributed by atoms with Gasteiger partial charge in [-0.05, 0) is 47.9 Å². The van der Waals surface area contributed by atoms with Gasteiger partial charge in [0.05, 0.1) is 0 Å². The van der Waals surface area contributed by atoms with Crippen molar-refractivity contribution in [3.63, 3.8) is 0 Å². The first-order chi connectivity index (χ1) is 15.7. The Labute approximate surface area is 192 Å². The summed E-state index contributed by atoms with van der Waals surface area (Å²) < 4.78 is 11.6. The molecule has 0 aliphatic heterocycles. The Balaban J connectivity index is 1.23. The Morgan fingerprint density at radius 2 is 1.78 bits per heavy atom. The van der Waals surface area contributed by atoms with Crippen LogP contribution in [-0.4, -0.2) is 16.1 Å². The van der Waals surface area contributed by atoms with Gasteiger partial charge in [0.1, 0.15) is 18.1 Å². The van der Waals surface area contributed by atoms with Crippen molar-refractivity contribution < 1.29 is 13.9 Å². The molecule has 2 aromatic heterocycles. The lowest BCUT2D eigenvalue weighted by atomic mass is 10.1. The fraction of sp³-hybridized carbons (Fsp3) is 0.0417. The van der Waals surface area contributed by atoms with Gasteiger partial charge in [-0.3, -0.25) is 10.1 Å². The first kappa shape index (κ1) is 20.2. The largest absolute Gasteiger partial charge is 0.486 e. The molecule has 0 saturated carbocycles. The third kappa shape index (κ3) is 4.34. The Hall–Kier alpha value is -3.68. The molecule has 8 heteroatoms. The third-order valence-corrected chi connectivity index (χ3v) is 5.81. The van der Waals surface area contributed by atoms with E-state index in [-0.39, 0.29) is 12.4 Å². The standard InChI is InChI=1S/C24H16ClN3O3S/c25-17-10-8-16(9-11-17)19-12-13-21(31-19)23(29)26-24-28-27-22(32-24)14-30-20-7-3-5-15-4-1-2-6-18(15)20/h1-13H,14H2,(H,26,28,29). The number of halogens is 1. The van der Waals surface area contributed by atoms with Crippen molar-refractivity contribution in [2.75, 3.05) is 5.32 Å². The van der Waals surface area contributed by atoms with Crippen molar-refractivity contribution >= 4 is 44.7 Å². The van der Waals surface area contributed by atoms with E-state index in [0.717, 1.165) is 22.1 Å². The van der Waals surface area contributed by atoms with Crippen LogP contribution >= 0.6 is 22.9 Å². The van der Waals surface area contributed by atoms with E-state index in [2.05, 4.69) is 15.5 Å². The second kappa shape index (κ2) is 8.82. The molecule has 0 aliphatic carbocycles. The minimum Gasteiger partial charge on any atom is -0.486 e. The zero-order chi connectivity index (χ0) is 21.9. The molecule has 2 heterocycles. The average Bonchev–Trinajstić information content (AvgIpc) is 3.48. The summed E-state index contributed by atoms with van der Waals surface area (Å²) in [5.74, 6) is 1.13. The molecule has 0 spiro atoms. The highest BCUT2D eigenvalue weighted by atomic mass is 35.5. The molecule has 0 fully saturated rings. The van der Waals surface area contributed by atoms with Crippen LogP contribution in [0.3, 0.4) is 0 Å². The fourth-order valence-corrected chi connectivity index (χ4v) is 3.99. The van der Waals surface area contributed by atoms with Crippen molar-refractivity contribution in [1.29, 1.82) is 0 Å². The van der Waals surface area contributed by atoms with Gasteiger partial charge in [0.2, 0.25) is 5.13 Å². The van der Waals surface area contributed by atoms with Crippen LogP contribution in [0.2, 0.25) is 5.02 Å². The summed E-state index contributed by atoms with van der Waals surface area (Å²) in [6.07, 6.45) is 0. The molecule has 3 aromatic carbocycles. The summed E-state index contributed by atoms with van der Waals surface area (Å²) >= 11 is 7.16. The molecule has 1 amide bonds. The summed E-state index contributed by atoms with van der Waals surface area (Å²) in [5, 5.41) is 14.6. The van der Waals surface area contributed by atoms with Gasteiger partial charge in [0, 0.05) is 16.0 Å². The Kier molecular flexibility index (Phi) is 5.58. The van der Waals surface area contributed by atoms with Crippen molar-refractivity contribution in [3.8, 4) is 17.1 Å². The highest BCUT2D eigenvalue weighted by molar-refractivity contribution is 7.15. The number of hydrogen-bond donors (Lipinski definition) is 1. The summed E-state index contributed by atoms with van der Waals surface area (Å²) in [6.45, 7) is 0.253. The minimum absolute atomic E-state index is 0.179. The number of benzene rings is 3. The van der Waals surface area contributed by atoms with E-state index >= 15 is 0 Å². The zero-order valence-electron chi connectivity index (χ0n) is 16.6. The third-order valence-electron chi connectivity index (χ3n) is 4.75. The van der Waals surface area contributed by atoms with Crippen LogP contribution in [0.15, 0.2) is 83.3 Å². The summed E-state index contributed by atoms with van der Waals surface area (Å²) in [4.78, 5) is 12.5. The molecule has 0 radical (unpaired) electrons. The first-order valence-corrected chi connectivity index (χ1v) is 11.0. The van der Waals surface area contributed by atoms with Crippen LogP contribution < -0.4 is 10.1 Å². The number of aromatic nitrogens is 2. The highest BCUT2D eigenvalue weighted by Crippen LogP contribution is 2.27. The SMILES string of the molecule is O=C(Nc1nnc(COc2cccc3ccccc23)s1)c1ccc(-c2ccc(Cl)cc2)o1. The lowest BCUT2D eigenvalue weighted by Gasteiger charge is -2.07. The van der Waals surface area contributed by atoms with Gasteiger partial charge in [0.15, 0.2) is 10.8 Å². The van der Waals surface area contributed by atoms with Crippen LogP contribution in [0.1, 0.15) is 15.6 Å². The van der Waals surface area contributed by atoms with Gasteiger partial charge >= 0.3 is 0 Å². The Morgan fingerprint density at radius 3 is 2.66 bits per heavy atom. The summed E-state index contributed by atoms with van der Waals surface area (Å²) in [7, 11) is 0. The van der Waals surface area contributed by atoms with Crippen molar-refractivity contribution in [1.82, 2.24) is 10.2 Å². The van der Waals surface area contributed by atoms with E-state index in [1.54, 1.807) is 24.3 Å². The van der Waals surface area contributed by atoms with Crippen molar-refractivity contribution in [3.05, 3.63) is 94.7 Å². The minimum atomic E-state index is -0.400. The molecule has 32 heavy (non-hydrogen) atoms. The van der Waals surface area contributed by atoms with E-state index in [9.17, 15) is 4.79 Å². The van der Waals surface area contributed by atoms with E-state index in [0.29, 0.717) is 20.9 Å². The molecule has 5 rings (SSSR count). The van der Waals surface area contributed by atoms with Crippen LogP contribution in [-0.2, 0) is 6.61 Å². The molecule has 5 aromatic rings. The van der Waals surface area contributed by atoms with E-state index in [1.165, 1.54) is 11.3 Å². The number of rotatable bonds is 6. The molecule has 0 atom stereocenters. The second-order valence-corrected chi connectivity index (χ2v) is 8.39. The van der Waals surface area contributed by atoms with Crippen LogP contribution in [0, 0.1) is 0 Å². The van der Waals surface area contributed by atoms with Crippen LogP contribution in [0.5, 0.6) is 5.75 Å². The molecule has 158 valence electrons. The zero-order valence-corrected chi connectivity index (χ0v) is 18.2. The smallest absolute Gasteiger partial charge is 0.293 e. The number of amides is 1. The van der Waals surface area contributed by atoms with Crippen LogP contribution in [0.4, 0.5) is 5.13 Å². The van der Waals surface area contributed by atoms with E-state index in [4.69, 9.17) is 20.8 Å². The second-order valence-electron chi connectivity index (χ2n) is 6.89. The number of fused-ring (bicyclic) bond motifs is 1. The van der Waals surface area contributed by atoms with E-state index < -0.39 is 5.91 Å². The maximum absolute atomic E-state index is 12.5.